The van der Waals surface area contributed by atoms with E-state index in [4.69, 9.17) is 26.1 Å². The molecule has 1 aliphatic carbocycles. The van der Waals surface area contributed by atoms with Gasteiger partial charge in [0.15, 0.2) is 5.82 Å². The number of hydrogen-bond donors (Lipinski definition) is 0. The summed E-state index contributed by atoms with van der Waals surface area (Å²) in [6.45, 7) is 0. The number of rotatable bonds is 3. The molecule has 2 aromatic rings. The molecular formula is C16H17ClN2O2. The molecule has 0 saturated heterocycles. The van der Waals surface area contributed by atoms with Gasteiger partial charge in [0, 0.05) is 11.3 Å². The first kappa shape index (κ1) is 14.1. The summed E-state index contributed by atoms with van der Waals surface area (Å²) in [5.74, 6) is 2.04. The Kier molecular flexibility index (Phi) is 3.97. The lowest BCUT2D eigenvalue weighted by Crippen LogP contribution is -2.09. The maximum atomic E-state index is 6.34. The minimum Gasteiger partial charge on any atom is -0.497 e. The average Bonchev–Trinajstić information content (AvgIpc) is 2.54. The number of aryl methyl sites for hydroxylation is 1. The monoisotopic (exact) mass is 304 g/mol. The highest BCUT2D eigenvalue weighted by Gasteiger charge is 2.19. The predicted octanol–water partition coefficient (Wildman–Crippen LogP) is 3.69. The summed E-state index contributed by atoms with van der Waals surface area (Å²) in [4.78, 5) is 9.16. The lowest BCUT2D eigenvalue weighted by molar-refractivity contribution is 0.404. The molecule has 1 aliphatic rings. The van der Waals surface area contributed by atoms with Crippen LogP contribution in [0.15, 0.2) is 18.2 Å². The van der Waals surface area contributed by atoms with Crippen LogP contribution in [-0.2, 0) is 12.8 Å². The first-order valence-corrected chi connectivity index (χ1v) is 7.38. The van der Waals surface area contributed by atoms with Gasteiger partial charge in [-0.25, -0.2) is 9.97 Å². The van der Waals surface area contributed by atoms with Gasteiger partial charge in [-0.15, -0.1) is 0 Å². The highest BCUT2D eigenvalue weighted by Crippen LogP contribution is 2.34. The van der Waals surface area contributed by atoms with Crippen LogP contribution in [0.3, 0.4) is 0 Å². The van der Waals surface area contributed by atoms with Gasteiger partial charge in [0.1, 0.15) is 16.7 Å². The van der Waals surface area contributed by atoms with Crippen LogP contribution in [0.5, 0.6) is 11.5 Å². The third-order valence-electron chi connectivity index (χ3n) is 3.78. The van der Waals surface area contributed by atoms with Crippen LogP contribution in [-0.4, -0.2) is 24.2 Å². The summed E-state index contributed by atoms with van der Waals surface area (Å²) in [6, 6.07) is 5.58. The van der Waals surface area contributed by atoms with Crippen LogP contribution in [0.1, 0.15) is 24.1 Å². The normalized spacial score (nSPS) is 13.7. The molecule has 5 heteroatoms. The standard InChI is InChI=1S/C16H17ClN2O2/c1-20-10-7-8-14(21-2)12(9-10)16-18-13-6-4-3-5-11(13)15(17)19-16/h7-9H,3-6H2,1-2H3. The van der Waals surface area contributed by atoms with Crippen molar-refractivity contribution in [2.75, 3.05) is 14.2 Å². The molecule has 4 nitrogen and oxygen atoms in total. The third-order valence-corrected chi connectivity index (χ3v) is 4.09. The Labute approximate surface area is 129 Å². The van der Waals surface area contributed by atoms with Gasteiger partial charge < -0.3 is 9.47 Å². The Hall–Kier alpha value is -1.81. The molecule has 0 aliphatic heterocycles. The molecule has 0 saturated carbocycles. The summed E-state index contributed by atoms with van der Waals surface area (Å²) in [5.41, 5.74) is 2.95. The van der Waals surface area contributed by atoms with Gasteiger partial charge in [0.2, 0.25) is 0 Å². The molecule has 1 aromatic heterocycles. The van der Waals surface area contributed by atoms with Crippen molar-refractivity contribution >= 4 is 11.6 Å². The van der Waals surface area contributed by atoms with Crippen LogP contribution in [0.25, 0.3) is 11.4 Å². The molecule has 0 N–H and O–H groups in total. The molecule has 0 atom stereocenters. The molecule has 0 unspecified atom stereocenters. The van der Waals surface area contributed by atoms with E-state index in [9.17, 15) is 0 Å². The molecular weight excluding hydrogens is 288 g/mol. The number of ether oxygens (including phenoxy) is 2. The quantitative estimate of drug-likeness (QED) is 0.811. The Morgan fingerprint density at radius 3 is 2.62 bits per heavy atom. The zero-order valence-corrected chi connectivity index (χ0v) is 12.9. The van der Waals surface area contributed by atoms with Crippen LogP contribution < -0.4 is 9.47 Å². The van der Waals surface area contributed by atoms with E-state index in [1.807, 2.05) is 18.2 Å². The number of halogens is 1. The largest absolute Gasteiger partial charge is 0.497 e. The summed E-state index contributed by atoms with van der Waals surface area (Å²) < 4.78 is 10.7. The molecule has 1 heterocycles. The van der Waals surface area contributed by atoms with Gasteiger partial charge in [-0.05, 0) is 43.9 Å². The van der Waals surface area contributed by atoms with E-state index >= 15 is 0 Å². The van der Waals surface area contributed by atoms with Gasteiger partial charge in [-0.3, -0.25) is 0 Å². The van der Waals surface area contributed by atoms with Crippen LogP contribution in [0, 0.1) is 0 Å². The zero-order valence-electron chi connectivity index (χ0n) is 12.1. The maximum Gasteiger partial charge on any atom is 0.165 e. The number of fused-ring (bicyclic) bond motifs is 1. The van der Waals surface area contributed by atoms with Crippen molar-refractivity contribution in [2.45, 2.75) is 25.7 Å². The van der Waals surface area contributed by atoms with E-state index in [-0.39, 0.29) is 0 Å². The Morgan fingerprint density at radius 1 is 1.05 bits per heavy atom. The van der Waals surface area contributed by atoms with Gasteiger partial charge >= 0.3 is 0 Å². The number of methoxy groups -OCH3 is 2. The first-order valence-electron chi connectivity index (χ1n) is 7.00. The van der Waals surface area contributed by atoms with Crippen molar-refractivity contribution in [3.8, 4) is 22.9 Å². The van der Waals surface area contributed by atoms with Crippen LogP contribution >= 0.6 is 11.6 Å². The van der Waals surface area contributed by atoms with Gasteiger partial charge in [0.25, 0.3) is 0 Å². The van der Waals surface area contributed by atoms with Crippen molar-refractivity contribution in [3.05, 3.63) is 34.6 Å². The smallest absolute Gasteiger partial charge is 0.165 e. The molecule has 1 aromatic carbocycles. The topological polar surface area (TPSA) is 44.2 Å². The second-order valence-corrected chi connectivity index (χ2v) is 5.39. The minimum absolute atomic E-state index is 0.555. The zero-order chi connectivity index (χ0) is 14.8. The van der Waals surface area contributed by atoms with Crippen LogP contribution in [0.2, 0.25) is 5.15 Å². The summed E-state index contributed by atoms with van der Waals surface area (Å²) >= 11 is 6.34. The second-order valence-electron chi connectivity index (χ2n) is 5.04. The third kappa shape index (κ3) is 2.68. The molecule has 110 valence electrons. The van der Waals surface area contributed by atoms with Crippen molar-refractivity contribution in [1.82, 2.24) is 9.97 Å². The van der Waals surface area contributed by atoms with Gasteiger partial charge in [-0.2, -0.15) is 0 Å². The van der Waals surface area contributed by atoms with E-state index < -0.39 is 0 Å². The summed E-state index contributed by atoms with van der Waals surface area (Å²) in [5, 5.41) is 0.555. The lowest BCUT2D eigenvalue weighted by atomic mass is 9.97. The SMILES string of the molecule is COc1ccc(OC)c(-c2nc(Cl)c3c(n2)CCCC3)c1. The molecule has 0 bridgehead atoms. The van der Waals surface area contributed by atoms with Crippen molar-refractivity contribution in [2.24, 2.45) is 0 Å². The van der Waals surface area contributed by atoms with E-state index in [0.29, 0.717) is 16.7 Å². The fourth-order valence-corrected chi connectivity index (χ4v) is 2.94. The lowest BCUT2D eigenvalue weighted by Gasteiger charge is -2.17. The number of aromatic nitrogens is 2. The van der Waals surface area contributed by atoms with Crippen molar-refractivity contribution in [3.63, 3.8) is 0 Å². The highest BCUT2D eigenvalue weighted by molar-refractivity contribution is 6.30. The van der Waals surface area contributed by atoms with E-state index in [1.54, 1.807) is 14.2 Å². The first-order chi connectivity index (χ1) is 10.2. The molecule has 0 radical (unpaired) electrons. The number of benzene rings is 1. The van der Waals surface area contributed by atoms with Crippen LogP contribution in [0.4, 0.5) is 0 Å². The highest BCUT2D eigenvalue weighted by atomic mass is 35.5. The number of hydrogen-bond acceptors (Lipinski definition) is 4. The molecule has 0 spiro atoms. The molecule has 21 heavy (non-hydrogen) atoms. The Balaban J connectivity index is 2.14. The van der Waals surface area contributed by atoms with Gasteiger partial charge in [0.05, 0.1) is 19.8 Å². The van der Waals surface area contributed by atoms with Crippen molar-refractivity contribution in [1.29, 1.82) is 0 Å². The average molecular weight is 305 g/mol. The molecule has 0 fully saturated rings. The summed E-state index contributed by atoms with van der Waals surface area (Å²) in [6.07, 6.45) is 4.22. The van der Waals surface area contributed by atoms with E-state index in [1.165, 1.54) is 0 Å². The Morgan fingerprint density at radius 2 is 1.86 bits per heavy atom. The van der Waals surface area contributed by atoms with E-state index in [0.717, 1.165) is 48.3 Å². The Bertz CT molecular complexity index is 674. The fourth-order valence-electron chi connectivity index (χ4n) is 2.66. The maximum absolute atomic E-state index is 6.34. The van der Waals surface area contributed by atoms with Gasteiger partial charge in [-0.1, -0.05) is 11.6 Å². The molecule has 0 amide bonds. The fraction of sp³-hybridized carbons (Fsp3) is 0.375. The second kappa shape index (κ2) is 5.90. The van der Waals surface area contributed by atoms with E-state index in [2.05, 4.69) is 4.98 Å². The predicted molar refractivity (Wildman–Crippen MR) is 82.2 cm³/mol. The minimum atomic E-state index is 0.555. The molecule has 3 rings (SSSR count). The number of nitrogens with zero attached hydrogens (tertiary/aromatic N) is 2. The van der Waals surface area contributed by atoms with Crippen molar-refractivity contribution < 1.29 is 9.47 Å². The summed E-state index contributed by atoms with van der Waals surface area (Å²) in [7, 11) is 3.26.